The summed E-state index contributed by atoms with van der Waals surface area (Å²) in [7, 11) is 11.3. The Morgan fingerprint density at radius 1 is 0.593 bits per heavy atom. The molecule has 0 heterocycles. The van der Waals surface area contributed by atoms with E-state index < -0.39 is 0 Å². The van der Waals surface area contributed by atoms with E-state index in [2.05, 4.69) is 12.1 Å². The number of hydrogen-bond acceptors (Lipinski definition) is 7. The first kappa shape index (κ1) is 19.4. The summed E-state index contributed by atoms with van der Waals surface area (Å²) >= 11 is 0. The molecule has 7 nitrogen and oxygen atoms in total. The monoisotopic (exact) mass is 357 g/mol. The Labute approximate surface area is 159 Å². The Hall–Kier alpha value is -3.94. The Morgan fingerprint density at radius 3 is 1.41 bits per heavy atom. The van der Waals surface area contributed by atoms with Gasteiger partial charge in [-0.1, -0.05) is 0 Å². The molecule has 27 heavy (non-hydrogen) atoms. The van der Waals surface area contributed by atoms with Crippen molar-refractivity contribution in [3.8, 4) is 24.3 Å². The molecule has 134 valence electrons. The highest BCUT2D eigenvalue weighted by molar-refractivity contribution is 6.12. The van der Waals surface area contributed by atoms with E-state index >= 15 is 0 Å². The average Bonchev–Trinajstić information content (AvgIpc) is 2.63. The van der Waals surface area contributed by atoms with E-state index in [1.165, 1.54) is 0 Å². The average molecular weight is 357 g/mol. The molecule has 0 amide bonds. The molecule has 2 aromatic carbocycles. The van der Waals surface area contributed by atoms with E-state index in [0.717, 1.165) is 17.1 Å². The Bertz CT molecular complexity index is 1100. The number of anilines is 3. The molecule has 0 radical (unpaired) electrons. The van der Waals surface area contributed by atoms with Gasteiger partial charge in [0.25, 0.3) is 0 Å². The zero-order valence-corrected chi connectivity index (χ0v) is 16.2. The summed E-state index contributed by atoms with van der Waals surface area (Å²) in [4.78, 5) is 5.71. The van der Waals surface area contributed by atoms with Crippen LogP contribution in [0.3, 0.4) is 0 Å². The van der Waals surface area contributed by atoms with E-state index in [1.54, 1.807) is 6.07 Å². The van der Waals surface area contributed by atoms with Gasteiger partial charge < -0.3 is 14.7 Å². The van der Waals surface area contributed by atoms with Crippen LogP contribution in [0.4, 0.5) is 17.1 Å². The molecule has 0 spiro atoms. The summed E-state index contributed by atoms with van der Waals surface area (Å²) in [6.45, 7) is 0. The second kappa shape index (κ2) is 7.12. The molecular weight excluding hydrogens is 338 g/mol. The number of nitriles is 4. The van der Waals surface area contributed by atoms with Gasteiger partial charge in [-0.3, -0.25) is 0 Å². The fourth-order valence-electron chi connectivity index (χ4n) is 3.27. The van der Waals surface area contributed by atoms with Crippen LogP contribution >= 0.6 is 0 Å². The summed E-state index contributed by atoms with van der Waals surface area (Å²) < 4.78 is 0. The van der Waals surface area contributed by atoms with Gasteiger partial charge in [0.05, 0.1) is 39.3 Å². The van der Waals surface area contributed by atoms with Crippen molar-refractivity contribution in [3.63, 3.8) is 0 Å². The van der Waals surface area contributed by atoms with Crippen LogP contribution in [0.5, 0.6) is 0 Å². The summed E-state index contributed by atoms with van der Waals surface area (Å²) in [5, 5.41) is 39.7. The third-order valence-corrected chi connectivity index (χ3v) is 4.35. The standard InChI is InChI=1S/C20H19N7/c1-25(2)17-7-12-13(8-21)14(9-22)15(10-23)16(11-24)18(12)20(27(5)6)19(17)26(3)4/h7H,1-6H3. The van der Waals surface area contributed by atoms with Gasteiger partial charge in [0, 0.05) is 53.1 Å². The maximum absolute atomic E-state index is 9.81. The summed E-state index contributed by atoms with van der Waals surface area (Å²) in [5.74, 6) is 0. The summed E-state index contributed by atoms with van der Waals surface area (Å²) in [5.41, 5.74) is 2.51. The van der Waals surface area contributed by atoms with Crippen molar-refractivity contribution in [2.45, 2.75) is 0 Å². The first-order chi connectivity index (χ1) is 12.7. The lowest BCUT2D eigenvalue weighted by atomic mass is 9.88. The Kier molecular flexibility index (Phi) is 5.11. The minimum absolute atomic E-state index is 0.0592. The zero-order chi connectivity index (χ0) is 20.5. The molecular formula is C20H19N7. The summed E-state index contributed by atoms with van der Waals surface area (Å²) in [6.07, 6.45) is 0. The minimum Gasteiger partial charge on any atom is -0.376 e. The lowest BCUT2D eigenvalue weighted by Crippen LogP contribution is -2.22. The van der Waals surface area contributed by atoms with Crippen LogP contribution in [0.25, 0.3) is 10.8 Å². The van der Waals surface area contributed by atoms with Gasteiger partial charge in [-0.25, -0.2) is 0 Å². The van der Waals surface area contributed by atoms with Crippen molar-refractivity contribution in [2.75, 3.05) is 57.0 Å². The van der Waals surface area contributed by atoms with E-state index in [9.17, 15) is 21.0 Å². The molecule has 0 fully saturated rings. The highest BCUT2D eigenvalue weighted by atomic mass is 15.2. The van der Waals surface area contributed by atoms with E-state index in [-0.39, 0.29) is 22.3 Å². The van der Waals surface area contributed by atoms with Crippen molar-refractivity contribution >= 4 is 27.8 Å². The lowest BCUT2D eigenvalue weighted by molar-refractivity contribution is 1.05. The topological polar surface area (TPSA) is 105 Å². The van der Waals surface area contributed by atoms with E-state index in [4.69, 9.17) is 0 Å². The van der Waals surface area contributed by atoms with Crippen LogP contribution in [0.1, 0.15) is 22.3 Å². The predicted molar refractivity (Wildman–Crippen MR) is 106 cm³/mol. The molecule has 0 aliphatic heterocycles. The second-order valence-corrected chi connectivity index (χ2v) is 6.65. The molecule has 2 aromatic rings. The predicted octanol–water partition coefficient (Wildman–Crippen LogP) is 2.52. The van der Waals surface area contributed by atoms with Crippen molar-refractivity contribution in [2.24, 2.45) is 0 Å². The number of nitrogens with zero attached hydrogens (tertiary/aromatic N) is 7. The Morgan fingerprint density at radius 2 is 1.04 bits per heavy atom. The van der Waals surface area contributed by atoms with Gasteiger partial charge in [0.2, 0.25) is 0 Å². The first-order valence-electron chi connectivity index (χ1n) is 8.08. The fourth-order valence-corrected chi connectivity index (χ4v) is 3.27. The molecule has 0 aliphatic carbocycles. The minimum atomic E-state index is -0.0607. The molecule has 0 saturated carbocycles. The maximum atomic E-state index is 9.81. The van der Waals surface area contributed by atoms with E-state index in [1.807, 2.05) is 69.1 Å². The fraction of sp³-hybridized carbons (Fsp3) is 0.300. The normalized spacial score (nSPS) is 9.70. The Balaban J connectivity index is 3.41. The van der Waals surface area contributed by atoms with Crippen LogP contribution in [0.15, 0.2) is 6.07 Å². The molecule has 0 atom stereocenters. The van der Waals surface area contributed by atoms with Gasteiger partial charge >= 0.3 is 0 Å². The van der Waals surface area contributed by atoms with Crippen LogP contribution < -0.4 is 14.7 Å². The molecule has 0 aromatic heterocycles. The number of rotatable bonds is 3. The van der Waals surface area contributed by atoms with Gasteiger partial charge in [-0.2, -0.15) is 21.0 Å². The first-order valence-corrected chi connectivity index (χ1v) is 8.08. The van der Waals surface area contributed by atoms with E-state index in [0.29, 0.717) is 10.8 Å². The molecule has 0 unspecified atom stereocenters. The summed E-state index contributed by atoms with van der Waals surface area (Å²) in [6, 6.07) is 9.83. The molecule has 0 N–H and O–H groups in total. The second-order valence-electron chi connectivity index (χ2n) is 6.65. The van der Waals surface area contributed by atoms with Gasteiger partial charge in [-0.15, -0.1) is 0 Å². The highest BCUT2D eigenvalue weighted by Crippen LogP contribution is 2.46. The quantitative estimate of drug-likeness (QED) is 0.831. The van der Waals surface area contributed by atoms with Crippen LogP contribution in [-0.4, -0.2) is 42.3 Å². The third kappa shape index (κ3) is 2.82. The van der Waals surface area contributed by atoms with Crippen LogP contribution in [0.2, 0.25) is 0 Å². The molecule has 2 rings (SSSR count). The molecule has 0 aliphatic rings. The van der Waals surface area contributed by atoms with Crippen molar-refractivity contribution in [1.82, 2.24) is 0 Å². The molecule has 0 bridgehead atoms. The zero-order valence-electron chi connectivity index (χ0n) is 16.2. The molecule has 0 saturated heterocycles. The smallest absolute Gasteiger partial charge is 0.102 e. The van der Waals surface area contributed by atoms with Crippen molar-refractivity contribution < 1.29 is 0 Å². The van der Waals surface area contributed by atoms with Crippen molar-refractivity contribution in [1.29, 1.82) is 21.0 Å². The van der Waals surface area contributed by atoms with Crippen molar-refractivity contribution in [3.05, 3.63) is 28.3 Å². The number of benzene rings is 2. The third-order valence-electron chi connectivity index (χ3n) is 4.35. The van der Waals surface area contributed by atoms with Gasteiger partial charge in [0.1, 0.15) is 24.3 Å². The highest BCUT2D eigenvalue weighted by Gasteiger charge is 2.27. The largest absolute Gasteiger partial charge is 0.376 e. The number of hydrogen-bond donors (Lipinski definition) is 0. The van der Waals surface area contributed by atoms with Gasteiger partial charge in [-0.05, 0) is 6.07 Å². The number of fused-ring (bicyclic) bond motifs is 1. The lowest BCUT2D eigenvalue weighted by Gasteiger charge is -2.30. The molecule has 7 heteroatoms. The van der Waals surface area contributed by atoms with Crippen LogP contribution in [0, 0.1) is 45.3 Å². The van der Waals surface area contributed by atoms with Gasteiger partial charge in [0.15, 0.2) is 0 Å². The van der Waals surface area contributed by atoms with Crippen LogP contribution in [-0.2, 0) is 0 Å². The SMILES string of the molecule is CN(C)c1cc2c(C#N)c(C#N)c(C#N)c(C#N)c2c(N(C)C)c1N(C)C. The maximum Gasteiger partial charge on any atom is 0.102 e.